The number of hydrogen-bond donors (Lipinski definition) is 1. The zero-order chi connectivity index (χ0) is 13.7. The van der Waals surface area contributed by atoms with Crippen LogP contribution in [0.4, 0.5) is 5.69 Å². The van der Waals surface area contributed by atoms with E-state index in [0.717, 1.165) is 10.9 Å². The van der Waals surface area contributed by atoms with Gasteiger partial charge in [-0.3, -0.25) is 0 Å². The maximum atomic E-state index is 5.91. The summed E-state index contributed by atoms with van der Waals surface area (Å²) in [6.07, 6.45) is 3.88. The quantitative estimate of drug-likeness (QED) is 0.867. The van der Waals surface area contributed by atoms with Crippen LogP contribution in [0.5, 0.6) is 0 Å². The second-order valence-electron chi connectivity index (χ2n) is 5.62. The first kappa shape index (κ1) is 14.7. The van der Waals surface area contributed by atoms with E-state index in [1.165, 1.54) is 44.6 Å². The minimum Gasteiger partial charge on any atom is -0.382 e. The fourth-order valence-electron chi connectivity index (χ4n) is 2.92. The van der Waals surface area contributed by atoms with Gasteiger partial charge in [0.05, 0.1) is 0 Å². The minimum absolute atomic E-state index is 0.532. The Hall–Kier alpha value is -0.730. The van der Waals surface area contributed by atoms with E-state index in [-0.39, 0.29) is 0 Å². The summed E-state index contributed by atoms with van der Waals surface area (Å²) < 4.78 is 0. The zero-order valence-electron chi connectivity index (χ0n) is 12.0. The van der Waals surface area contributed by atoms with Crippen LogP contribution in [0.2, 0.25) is 5.02 Å². The van der Waals surface area contributed by atoms with Crippen molar-refractivity contribution in [3.8, 4) is 0 Å². The van der Waals surface area contributed by atoms with Crippen LogP contribution >= 0.6 is 11.6 Å². The average Bonchev–Trinajstić information content (AvgIpc) is 2.42. The summed E-state index contributed by atoms with van der Waals surface area (Å²) >= 11 is 5.91. The Balaban J connectivity index is 1.81. The molecule has 19 heavy (non-hydrogen) atoms. The molecule has 1 fully saturated rings. The van der Waals surface area contributed by atoms with Crippen LogP contribution in [0.15, 0.2) is 24.3 Å². The van der Waals surface area contributed by atoms with Gasteiger partial charge in [0.15, 0.2) is 0 Å². The fourth-order valence-corrected chi connectivity index (χ4v) is 3.05. The highest BCUT2D eigenvalue weighted by atomic mass is 35.5. The molecule has 0 aliphatic carbocycles. The van der Waals surface area contributed by atoms with E-state index in [1.807, 2.05) is 12.1 Å². The van der Waals surface area contributed by atoms with Crippen molar-refractivity contribution in [3.63, 3.8) is 0 Å². The Morgan fingerprint density at radius 1 is 1.26 bits per heavy atom. The molecule has 0 spiro atoms. The molecule has 0 amide bonds. The lowest BCUT2D eigenvalue weighted by molar-refractivity contribution is 0.176. The number of hydrogen-bond acceptors (Lipinski definition) is 2. The largest absolute Gasteiger partial charge is 0.382 e. The molecule has 2 nitrogen and oxygen atoms in total. The van der Waals surface area contributed by atoms with E-state index >= 15 is 0 Å². The van der Waals surface area contributed by atoms with Crippen molar-refractivity contribution in [1.29, 1.82) is 0 Å². The predicted octanol–water partition coefficient (Wildman–Crippen LogP) is 4.26. The third kappa shape index (κ3) is 4.39. The highest BCUT2D eigenvalue weighted by Gasteiger charge is 2.23. The summed E-state index contributed by atoms with van der Waals surface area (Å²) in [5, 5.41) is 4.41. The Bertz CT molecular complexity index is 369. The molecule has 0 saturated carbocycles. The molecule has 2 rings (SSSR count). The molecule has 1 atom stereocenters. The second-order valence-corrected chi connectivity index (χ2v) is 6.06. The number of likely N-dealkylation sites (tertiary alicyclic amines) is 1. The van der Waals surface area contributed by atoms with E-state index in [1.54, 1.807) is 0 Å². The van der Waals surface area contributed by atoms with E-state index in [0.29, 0.717) is 6.04 Å². The van der Waals surface area contributed by atoms with Crippen LogP contribution < -0.4 is 5.32 Å². The highest BCUT2D eigenvalue weighted by molar-refractivity contribution is 6.30. The summed E-state index contributed by atoms with van der Waals surface area (Å²) in [5.41, 5.74) is 1.17. The maximum Gasteiger partial charge on any atom is 0.0407 e. The smallest absolute Gasteiger partial charge is 0.0407 e. The Labute approximate surface area is 122 Å². The first-order valence-corrected chi connectivity index (χ1v) is 7.81. The van der Waals surface area contributed by atoms with Gasteiger partial charge >= 0.3 is 0 Å². The van der Waals surface area contributed by atoms with Gasteiger partial charge in [-0.15, -0.1) is 0 Å². The van der Waals surface area contributed by atoms with Crippen LogP contribution in [0.25, 0.3) is 0 Å². The van der Waals surface area contributed by atoms with E-state index in [4.69, 9.17) is 11.6 Å². The molecular formula is C16H25ClN2. The number of piperidine rings is 1. The van der Waals surface area contributed by atoms with Crippen LogP contribution in [-0.2, 0) is 0 Å². The lowest BCUT2D eigenvalue weighted by atomic mass is 9.90. The Kier molecular flexibility index (Phi) is 5.53. The van der Waals surface area contributed by atoms with Gasteiger partial charge in [0.2, 0.25) is 0 Å². The molecule has 0 bridgehead atoms. The third-order valence-electron chi connectivity index (χ3n) is 4.12. The van der Waals surface area contributed by atoms with Crippen molar-refractivity contribution in [3.05, 3.63) is 29.3 Å². The van der Waals surface area contributed by atoms with E-state index in [2.05, 4.69) is 36.2 Å². The molecule has 1 unspecified atom stereocenters. The van der Waals surface area contributed by atoms with E-state index < -0.39 is 0 Å². The fraction of sp³-hybridized carbons (Fsp3) is 0.625. The van der Waals surface area contributed by atoms with Gasteiger partial charge in [0.25, 0.3) is 0 Å². The Morgan fingerprint density at radius 2 is 1.89 bits per heavy atom. The molecule has 1 aliphatic heterocycles. The lowest BCUT2D eigenvalue weighted by Gasteiger charge is -2.35. The normalized spacial score (nSPS) is 19.3. The maximum absolute atomic E-state index is 5.91. The summed E-state index contributed by atoms with van der Waals surface area (Å²) in [5.74, 6) is 0.781. The van der Waals surface area contributed by atoms with Crippen molar-refractivity contribution < 1.29 is 0 Å². The molecule has 0 aromatic heterocycles. The molecule has 3 heteroatoms. The van der Waals surface area contributed by atoms with Gasteiger partial charge in [-0.05, 0) is 76.0 Å². The van der Waals surface area contributed by atoms with Crippen molar-refractivity contribution in [1.82, 2.24) is 4.90 Å². The second kappa shape index (κ2) is 7.16. The summed E-state index contributed by atoms with van der Waals surface area (Å²) in [7, 11) is 0. The molecular weight excluding hydrogens is 256 g/mol. The van der Waals surface area contributed by atoms with Crippen molar-refractivity contribution in [2.24, 2.45) is 5.92 Å². The first-order valence-electron chi connectivity index (χ1n) is 7.43. The van der Waals surface area contributed by atoms with Crippen LogP contribution in [0.3, 0.4) is 0 Å². The SMILES string of the molecule is CCCN1CCC(C(C)Nc2ccc(Cl)cc2)CC1. The molecule has 106 valence electrons. The predicted molar refractivity (Wildman–Crippen MR) is 84.0 cm³/mol. The van der Waals surface area contributed by atoms with Crippen LogP contribution in [0, 0.1) is 5.92 Å². The van der Waals surface area contributed by atoms with Gasteiger partial charge in [-0.2, -0.15) is 0 Å². The first-order chi connectivity index (χ1) is 9.19. The molecule has 1 N–H and O–H groups in total. The van der Waals surface area contributed by atoms with Gasteiger partial charge in [-0.25, -0.2) is 0 Å². The van der Waals surface area contributed by atoms with Gasteiger partial charge in [-0.1, -0.05) is 18.5 Å². The molecule has 1 heterocycles. The lowest BCUT2D eigenvalue weighted by Crippen LogP contribution is -2.39. The number of nitrogens with zero attached hydrogens (tertiary/aromatic N) is 1. The molecule has 1 saturated heterocycles. The van der Waals surface area contributed by atoms with Crippen molar-refractivity contribution >= 4 is 17.3 Å². The summed E-state index contributed by atoms with van der Waals surface area (Å²) in [4.78, 5) is 2.59. The minimum atomic E-state index is 0.532. The van der Waals surface area contributed by atoms with Crippen LogP contribution in [-0.4, -0.2) is 30.6 Å². The topological polar surface area (TPSA) is 15.3 Å². The van der Waals surface area contributed by atoms with Gasteiger partial charge < -0.3 is 10.2 Å². The summed E-state index contributed by atoms with van der Waals surface area (Å²) in [6, 6.07) is 8.54. The van der Waals surface area contributed by atoms with Crippen LogP contribution in [0.1, 0.15) is 33.1 Å². The van der Waals surface area contributed by atoms with Crippen molar-refractivity contribution in [2.45, 2.75) is 39.2 Å². The molecule has 0 radical (unpaired) electrons. The zero-order valence-corrected chi connectivity index (χ0v) is 12.8. The molecule has 1 aromatic rings. The average molecular weight is 281 g/mol. The third-order valence-corrected chi connectivity index (χ3v) is 4.37. The van der Waals surface area contributed by atoms with Gasteiger partial charge in [0.1, 0.15) is 0 Å². The number of rotatable bonds is 5. The molecule has 1 aromatic carbocycles. The standard InChI is InChI=1S/C16H25ClN2/c1-3-10-19-11-8-14(9-12-19)13(2)18-16-6-4-15(17)5-7-16/h4-7,13-14,18H,3,8-12H2,1-2H3. The van der Waals surface area contributed by atoms with Gasteiger partial charge in [0, 0.05) is 16.8 Å². The number of halogens is 1. The number of anilines is 1. The summed E-state index contributed by atoms with van der Waals surface area (Å²) in [6.45, 7) is 8.33. The highest BCUT2D eigenvalue weighted by Crippen LogP contribution is 2.24. The number of benzene rings is 1. The number of nitrogens with one attached hydrogen (secondary N) is 1. The van der Waals surface area contributed by atoms with Crippen molar-refractivity contribution in [2.75, 3.05) is 25.0 Å². The molecule has 1 aliphatic rings. The monoisotopic (exact) mass is 280 g/mol. The Morgan fingerprint density at radius 3 is 2.47 bits per heavy atom. The van der Waals surface area contributed by atoms with E-state index in [9.17, 15) is 0 Å².